The van der Waals surface area contributed by atoms with Crippen molar-refractivity contribution >= 4 is 22.4 Å². The summed E-state index contributed by atoms with van der Waals surface area (Å²) in [5.41, 5.74) is 5.26. The van der Waals surface area contributed by atoms with Crippen molar-refractivity contribution in [3.05, 3.63) is 0 Å². The van der Waals surface area contributed by atoms with Gasteiger partial charge in [-0.15, -0.1) is 12.4 Å². The van der Waals surface area contributed by atoms with Crippen molar-refractivity contribution in [1.29, 1.82) is 0 Å². The van der Waals surface area contributed by atoms with E-state index in [2.05, 4.69) is 0 Å². The number of ether oxygens (including phenoxy) is 1. The molecule has 0 aromatic heterocycles. The Kier molecular flexibility index (Phi) is 6.38. The number of rotatable bonds is 3. The van der Waals surface area contributed by atoms with Gasteiger partial charge < -0.3 is 10.5 Å². The van der Waals surface area contributed by atoms with Crippen molar-refractivity contribution in [2.45, 2.75) is 26.9 Å². The van der Waals surface area contributed by atoms with Crippen LogP contribution >= 0.6 is 12.4 Å². The summed E-state index contributed by atoms with van der Waals surface area (Å²) in [4.78, 5) is 0. The van der Waals surface area contributed by atoms with Crippen LogP contribution in [0.3, 0.4) is 0 Å². The highest BCUT2D eigenvalue weighted by atomic mass is 35.5. The molecule has 1 rings (SSSR count). The van der Waals surface area contributed by atoms with Crippen LogP contribution in [0.1, 0.15) is 20.8 Å². The van der Waals surface area contributed by atoms with E-state index in [9.17, 15) is 8.42 Å². The van der Waals surface area contributed by atoms with Crippen LogP contribution in [0.25, 0.3) is 0 Å². The SMILES string of the molecule is CC(C)(C)CS(=O)(=O)N1CCOC(CN)C1.Cl. The lowest BCUT2D eigenvalue weighted by atomic mass is 10.0. The van der Waals surface area contributed by atoms with Crippen molar-refractivity contribution in [3.63, 3.8) is 0 Å². The van der Waals surface area contributed by atoms with Gasteiger partial charge in [-0.05, 0) is 5.41 Å². The summed E-state index contributed by atoms with van der Waals surface area (Å²) >= 11 is 0. The van der Waals surface area contributed by atoms with E-state index in [0.29, 0.717) is 26.2 Å². The summed E-state index contributed by atoms with van der Waals surface area (Å²) in [6.07, 6.45) is -0.163. The Bertz CT molecular complexity index is 327. The minimum absolute atomic E-state index is 0. The number of sulfonamides is 1. The fourth-order valence-corrected chi connectivity index (χ4v) is 3.75. The zero-order valence-electron chi connectivity index (χ0n) is 10.7. The topological polar surface area (TPSA) is 72.6 Å². The lowest BCUT2D eigenvalue weighted by Crippen LogP contribution is -2.49. The minimum Gasteiger partial charge on any atom is -0.374 e. The molecule has 5 nitrogen and oxygen atoms in total. The molecule has 2 N–H and O–H groups in total. The predicted molar refractivity (Wildman–Crippen MR) is 70.9 cm³/mol. The van der Waals surface area contributed by atoms with Gasteiger partial charge in [0, 0.05) is 19.6 Å². The summed E-state index contributed by atoms with van der Waals surface area (Å²) in [6, 6.07) is 0. The lowest BCUT2D eigenvalue weighted by molar-refractivity contribution is 0.00431. The highest BCUT2D eigenvalue weighted by molar-refractivity contribution is 7.89. The van der Waals surface area contributed by atoms with E-state index < -0.39 is 10.0 Å². The molecule has 1 unspecified atom stereocenters. The molecule has 0 aliphatic carbocycles. The van der Waals surface area contributed by atoms with E-state index in [4.69, 9.17) is 10.5 Å². The first-order chi connectivity index (χ1) is 7.24. The molecule has 0 aromatic rings. The average Bonchev–Trinajstić information content (AvgIpc) is 2.14. The van der Waals surface area contributed by atoms with E-state index in [1.54, 1.807) is 0 Å². The summed E-state index contributed by atoms with van der Waals surface area (Å²) in [5, 5.41) is 0. The molecule has 7 heteroatoms. The Morgan fingerprint density at radius 2 is 2.00 bits per heavy atom. The monoisotopic (exact) mass is 286 g/mol. The molecular formula is C10H23ClN2O3S. The standard InChI is InChI=1S/C10H22N2O3S.ClH/c1-10(2,3)8-16(13,14)12-4-5-15-9(6-11)7-12;/h9H,4-8,11H2,1-3H3;1H. The number of nitrogens with zero attached hydrogens (tertiary/aromatic N) is 1. The molecular weight excluding hydrogens is 264 g/mol. The molecule has 0 aromatic carbocycles. The Morgan fingerprint density at radius 1 is 1.41 bits per heavy atom. The van der Waals surface area contributed by atoms with E-state index >= 15 is 0 Å². The maximum atomic E-state index is 12.1. The molecule has 1 aliphatic heterocycles. The number of nitrogens with two attached hydrogens (primary N) is 1. The minimum atomic E-state index is -3.19. The second-order valence-corrected chi connectivity index (χ2v) is 7.37. The third-order valence-electron chi connectivity index (χ3n) is 2.37. The second kappa shape index (κ2) is 6.33. The van der Waals surface area contributed by atoms with Crippen molar-refractivity contribution < 1.29 is 13.2 Å². The predicted octanol–water partition coefficient (Wildman–Crippen LogP) is 0.444. The zero-order chi connectivity index (χ0) is 12.4. The third-order valence-corrected chi connectivity index (χ3v) is 4.72. The normalized spacial score (nSPS) is 23.2. The largest absolute Gasteiger partial charge is 0.374 e. The Morgan fingerprint density at radius 3 is 2.47 bits per heavy atom. The second-order valence-electron chi connectivity index (χ2n) is 5.40. The van der Waals surface area contributed by atoms with Gasteiger partial charge in [-0.2, -0.15) is 4.31 Å². The molecule has 0 radical (unpaired) electrons. The Balaban J connectivity index is 0.00000256. The van der Waals surface area contributed by atoms with Crippen LogP contribution in [0.4, 0.5) is 0 Å². The van der Waals surface area contributed by atoms with Gasteiger partial charge >= 0.3 is 0 Å². The van der Waals surface area contributed by atoms with Crippen molar-refractivity contribution in [3.8, 4) is 0 Å². The van der Waals surface area contributed by atoms with Crippen molar-refractivity contribution in [1.82, 2.24) is 4.31 Å². The van der Waals surface area contributed by atoms with Gasteiger partial charge in [-0.25, -0.2) is 8.42 Å². The molecule has 104 valence electrons. The van der Waals surface area contributed by atoms with Crippen molar-refractivity contribution in [2.24, 2.45) is 11.1 Å². The molecule has 1 atom stereocenters. The molecule has 1 saturated heterocycles. The summed E-state index contributed by atoms with van der Waals surface area (Å²) in [7, 11) is -3.19. The van der Waals surface area contributed by atoms with Gasteiger partial charge in [-0.3, -0.25) is 0 Å². The van der Waals surface area contributed by atoms with Gasteiger partial charge in [0.2, 0.25) is 10.0 Å². The van der Waals surface area contributed by atoms with E-state index in [1.807, 2.05) is 20.8 Å². The van der Waals surface area contributed by atoms with Crippen LogP contribution in [-0.4, -0.2) is 50.8 Å². The maximum absolute atomic E-state index is 12.1. The molecule has 1 aliphatic rings. The van der Waals surface area contributed by atoms with Crippen LogP contribution in [0.2, 0.25) is 0 Å². The van der Waals surface area contributed by atoms with Crippen LogP contribution in [0, 0.1) is 5.41 Å². The summed E-state index contributed by atoms with van der Waals surface area (Å²) in [6.45, 7) is 7.39. The molecule has 1 fully saturated rings. The van der Waals surface area contributed by atoms with Gasteiger partial charge in [0.05, 0.1) is 18.5 Å². The number of halogens is 1. The number of hydrogen-bond donors (Lipinski definition) is 1. The number of morpholine rings is 1. The highest BCUT2D eigenvalue weighted by Gasteiger charge is 2.31. The Hall–Kier alpha value is 0.120. The van der Waals surface area contributed by atoms with Crippen LogP contribution in [-0.2, 0) is 14.8 Å². The molecule has 0 amide bonds. The molecule has 0 bridgehead atoms. The van der Waals surface area contributed by atoms with Gasteiger partial charge in [0.25, 0.3) is 0 Å². The van der Waals surface area contributed by atoms with Crippen molar-refractivity contribution in [2.75, 3.05) is 32.0 Å². The smallest absolute Gasteiger partial charge is 0.214 e. The number of hydrogen-bond acceptors (Lipinski definition) is 4. The van der Waals surface area contributed by atoms with Crippen LogP contribution in [0.15, 0.2) is 0 Å². The van der Waals surface area contributed by atoms with E-state index in [-0.39, 0.29) is 29.7 Å². The first-order valence-corrected chi connectivity index (χ1v) is 7.15. The zero-order valence-corrected chi connectivity index (χ0v) is 12.3. The average molecular weight is 287 g/mol. The Labute approximate surface area is 110 Å². The van der Waals surface area contributed by atoms with Crippen LogP contribution in [0.5, 0.6) is 0 Å². The quantitative estimate of drug-likeness (QED) is 0.817. The lowest BCUT2D eigenvalue weighted by Gasteiger charge is -2.33. The molecule has 1 heterocycles. The first kappa shape index (κ1) is 17.1. The maximum Gasteiger partial charge on any atom is 0.214 e. The first-order valence-electron chi connectivity index (χ1n) is 5.54. The fourth-order valence-electron chi connectivity index (χ4n) is 1.73. The van der Waals surface area contributed by atoms with Crippen LogP contribution < -0.4 is 5.73 Å². The summed E-state index contributed by atoms with van der Waals surface area (Å²) < 4.78 is 31.0. The van der Waals surface area contributed by atoms with Gasteiger partial charge in [-0.1, -0.05) is 20.8 Å². The van der Waals surface area contributed by atoms with E-state index in [1.165, 1.54) is 4.31 Å². The van der Waals surface area contributed by atoms with E-state index in [0.717, 1.165) is 0 Å². The molecule has 0 spiro atoms. The summed E-state index contributed by atoms with van der Waals surface area (Å²) in [5.74, 6) is 0.164. The van der Waals surface area contributed by atoms with Gasteiger partial charge in [0.15, 0.2) is 0 Å². The molecule has 0 saturated carbocycles. The van der Waals surface area contributed by atoms with Gasteiger partial charge in [0.1, 0.15) is 0 Å². The fraction of sp³-hybridized carbons (Fsp3) is 1.00. The third kappa shape index (κ3) is 5.52. The molecule has 17 heavy (non-hydrogen) atoms. The highest BCUT2D eigenvalue weighted by Crippen LogP contribution is 2.20.